The Morgan fingerprint density at radius 1 is 1.08 bits per heavy atom. The highest BCUT2D eigenvalue weighted by Gasteiger charge is 2.21. The van der Waals surface area contributed by atoms with Crippen LogP contribution in [0.15, 0.2) is 54.6 Å². The number of nitrogen functional groups attached to an aromatic ring is 1. The van der Waals surface area contributed by atoms with E-state index in [1.54, 1.807) is 0 Å². The molecule has 0 aliphatic heterocycles. The van der Waals surface area contributed by atoms with Crippen LogP contribution in [0, 0.1) is 0 Å². The van der Waals surface area contributed by atoms with Gasteiger partial charge >= 0.3 is 0 Å². The summed E-state index contributed by atoms with van der Waals surface area (Å²) in [6, 6.07) is 17.9. The van der Waals surface area contributed by atoms with Gasteiger partial charge in [-0.3, -0.25) is 4.79 Å². The second kappa shape index (κ2) is 9.99. The Labute approximate surface area is 151 Å². The molecule has 3 nitrogen and oxygen atoms in total. The number of rotatable bonds is 7. The lowest BCUT2D eigenvalue weighted by molar-refractivity contribution is -0.132. The fraction of sp³-hybridized carbons (Fsp3) is 0.350. The fourth-order valence-corrected chi connectivity index (χ4v) is 2.69. The van der Waals surface area contributed by atoms with Crippen LogP contribution >= 0.6 is 12.4 Å². The number of hydrogen-bond donors (Lipinski definition) is 1. The molecule has 1 unspecified atom stereocenters. The highest BCUT2D eigenvalue weighted by molar-refractivity contribution is 5.85. The molecule has 0 aromatic heterocycles. The first kappa shape index (κ1) is 20.0. The van der Waals surface area contributed by atoms with Crippen LogP contribution in [0.4, 0.5) is 5.69 Å². The molecule has 0 radical (unpaired) electrons. The molecule has 2 aromatic carbocycles. The predicted octanol–water partition coefficient (Wildman–Crippen LogP) is 4.62. The molecule has 0 fully saturated rings. The zero-order chi connectivity index (χ0) is 16.7. The Balaban J connectivity index is 0.00000288. The van der Waals surface area contributed by atoms with Crippen molar-refractivity contribution in [2.24, 2.45) is 0 Å². The van der Waals surface area contributed by atoms with Gasteiger partial charge in [0.2, 0.25) is 5.91 Å². The van der Waals surface area contributed by atoms with Crippen molar-refractivity contribution in [3.05, 3.63) is 65.7 Å². The summed E-state index contributed by atoms with van der Waals surface area (Å²) in [7, 11) is 0. The summed E-state index contributed by atoms with van der Waals surface area (Å²) in [5, 5.41) is 0. The number of unbranched alkanes of at least 4 members (excludes halogenated alkanes) is 1. The standard InChI is InChI=1S/C20H26N2O.ClH/c1-3-4-14-22(16(2)18-8-6-5-7-9-18)20(23)15-17-10-12-19(21)13-11-17;/h5-13,16H,3-4,14-15,21H2,1-2H3;1H. The summed E-state index contributed by atoms with van der Waals surface area (Å²) >= 11 is 0. The Hall–Kier alpha value is -2.00. The second-order valence-corrected chi connectivity index (χ2v) is 5.95. The number of carbonyl (C=O) groups is 1. The van der Waals surface area contributed by atoms with E-state index in [-0.39, 0.29) is 24.4 Å². The first-order valence-corrected chi connectivity index (χ1v) is 8.30. The van der Waals surface area contributed by atoms with Crippen molar-refractivity contribution in [2.75, 3.05) is 12.3 Å². The summed E-state index contributed by atoms with van der Waals surface area (Å²) in [5.74, 6) is 0.166. The van der Waals surface area contributed by atoms with Crippen molar-refractivity contribution in [1.29, 1.82) is 0 Å². The fourth-order valence-electron chi connectivity index (χ4n) is 2.69. The number of carbonyl (C=O) groups excluding carboxylic acids is 1. The number of benzene rings is 2. The van der Waals surface area contributed by atoms with Crippen LogP contribution in [0.2, 0.25) is 0 Å². The Morgan fingerprint density at radius 3 is 2.29 bits per heavy atom. The molecular weight excluding hydrogens is 320 g/mol. The molecule has 1 atom stereocenters. The second-order valence-electron chi connectivity index (χ2n) is 5.95. The predicted molar refractivity (Wildman–Crippen MR) is 103 cm³/mol. The lowest BCUT2D eigenvalue weighted by Crippen LogP contribution is -2.35. The summed E-state index contributed by atoms with van der Waals surface area (Å²) < 4.78 is 0. The molecule has 1 amide bonds. The molecule has 2 N–H and O–H groups in total. The molecule has 2 rings (SSSR count). The highest BCUT2D eigenvalue weighted by atomic mass is 35.5. The van der Waals surface area contributed by atoms with Gasteiger partial charge in [0, 0.05) is 12.2 Å². The maximum Gasteiger partial charge on any atom is 0.227 e. The smallest absolute Gasteiger partial charge is 0.227 e. The minimum Gasteiger partial charge on any atom is -0.399 e. The monoisotopic (exact) mass is 346 g/mol. The van der Waals surface area contributed by atoms with E-state index in [1.165, 1.54) is 5.56 Å². The van der Waals surface area contributed by atoms with E-state index in [0.717, 1.165) is 30.6 Å². The number of hydrogen-bond acceptors (Lipinski definition) is 2. The van der Waals surface area contributed by atoms with Crippen LogP contribution in [-0.4, -0.2) is 17.4 Å². The van der Waals surface area contributed by atoms with Gasteiger partial charge in [0.05, 0.1) is 12.5 Å². The molecule has 2 aromatic rings. The number of anilines is 1. The van der Waals surface area contributed by atoms with E-state index < -0.39 is 0 Å². The largest absolute Gasteiger partial charge is 0.399 e. The minimum absolute atomic E-state index is 0. The molecule has 0 saturated carbocycles. The Morgan fingerprint density at radius 2 is 1.71 bits per heavy atom. The van der Waals surface area contributed by atoms with E-state index in [4.69, 9.17) is 5.73 Å². The zero-order valence-corrected chi connectivity index (χ0v) is 15.3. The van der Waals surface area contributed by atoms with Crippen LogP contribution in [-0.2, 0) is 11.2 Å². The molecule has 24 heavy (non-hydrogen) atoms. The van der Waals surface area contributed by atoms with Crippen LogP contribution in [0.25, 0.3) is 0 Å². The normalized spacial score (nSPS) is 11.4. The van der Waals surface area contributed by atoms with Gasteiger partial charge in [-0.1, -0.05) is 55.8 Å². The first-order chi connectivity index (χ1) is 11.1. The van der Waals surface area contributed by atoms with Gasteiger partial charge in [0.15, 0.2) is 0 Å². The lowest BCUT2D eigenvalue weighted by Gasteiger charge is -2.30. The minimum atomic E-state index is 0. The van der Waals surface area contributed by atoms with Crippen LogP contribution < -0.4 is 5.73 Å². The van der Waals surface area contributed by atoms with Gasteiger partial charge < -0.3 is 10.6 Å². The Bertz CT molecular complexity index is 613. The van der Waals surface area contributed by atoms with Crippen LogP contribution in [0.5, 0.6) is 0 Å². The molecule has 0 spiro atoms. The van der Waals surface area contributed by atoms with E-state index in [2.05, 4.69) is 26.0 Å². The molecule has 0 aliphatic rings. The summed E-state index contributed by atoms with van der Waals surface area (Å²) in [6.45, 7) is 5.04. The molecule has 0 aliphatic carbocycles. The number of nitrogens with two attached hydrogens (primary N) is 1. The summed E-state index contributed by atoms with van der Waals surface area (Å²) in [5.41, 5.74) is 8.62. The number of halogens is 1. The third kappa shape index (κ3) is 5.57. The van der Waals surface area contributed by atoms with Gasteiger partial charge in [0.1, 0.15) is 0 Å². The van der Waals surface area contributed by atoms with Gasteiger partial charge in [-0.05, 0) is 36.6 Å². The average Bonchev–Trinajstić information content (AvgIpc) is 2.58. The van der Waals surface area contributed by atoms with Gasteiger partial charge in [0.25, 0.3) is 0 Å². The molecule has 0 heterocycles. The first-order valence-electron chi connectivity index (χ1n) is 8.30. The van der Waals surface area contributed by atoms with Gasteiger partial charge in [-0.2, -0.15) is 0 Å². The topological polar surface area (TPSA) is 46.3 Å². The SMILES string of the molecule is CCCCN(C(=O)Cc1ccc(N)cc1)C(C)c1ccccc1.Cl. The zero-order valence-electron chi connectivity index (χ0n) is 14.4. The third-order valence-corrected chi connectivity index (χ3v) is 4.16. The summed E-state index contributed by atoms with van der Waals surface area (Å²) in [4.78, 5) is 14.8. The van der Waals surface area contributed by atoms with Crippen LogP contribution in [0.3, 0.4) is 0 Å². The molecular formula is C20H27ClN2O. The third-order valence-electron chi connectivity index (χ3n) is 4.16. The molecule has 0 bridgehead atoms. The quantitative estimate of drug-likeness (QED) is 0.743. The Kier molecular flexibility index (Phi) is 8.34. The van der Waals surface area contributed by atoms with E-state index in [0.29, 0.717) is 6.42 Å². The van der Waals surface area contributed by atoms with Crippen molar-refractivity contribution >= 4 is 24.0 Å². The molecule has 130 valence electrons. The van der Waals surface area contributed by atoms with Gasteiger partial charge in [-0.25, -0.2) is 0 Å². The average molecular weight is 347 g/mol. The number of amides is 1. The van der Waals surface area contributed by atoms with E-state index in [1.807, 2.05) is 47.4 Å². The maximum atomic E-state index is 12.8. The number of nitrogens with zero attached hydrogens (tertiary/aromatic N) is 1. The highest BCUT2D eigenvalue weighted by Crippen LogP contribution is 2.22. The molecule has 4 heteroatoms. The van der Waals surface area contributed by atoms with Crippen molar-refractivity contribution in [3.8, 4) is 0 Å². The molecule has 0 saturated heterocycles. The lowest BCUT2D eigenvalue weighted by atomic mass is 10.0. The van der Waals surface area contributed by atoms with Crippen molar-refractivity contribution < 1.29 is 4.79 Å². The van der Waals surface area contributed by atoms with Crippen molar-refractivity contribution in [2.45, 2.75) is 39.2 Å². The maximum absolute atomic E-state index is 12.8. The van der Waals surface area contributed by atoms with Crippen LogP contribution in [0.1, 0.15) is 43.9 Å². The van der Waals surface area contributed by atoms with Crippen molar-refractivity contribution in [3.63, 3.8) is 0 Å². The summed E-state index contributed by atoms with van der Waals surface area (Å²) in [6.07, 6.45) is 2.51. The van der Waals surface area contributed by atoms with Crippen molar-refractivity contribution in [1.82, 2.24) is 4.90 Å². The van der Waals surface area contributed by atoms with E-state index in [9.17, 15) is 4.79 Å². The van der Waals surface area contributed by atoms with E-state index >= 15 is 0 Å². The van der Waals surface area contributed by atoms with Gasteiger partial charge in [-0.15, -0.1) is 12.4 Å².